The van der Waals surface area contributed by atoms with Gasteiger partial charge in [-0.2, -0.15) is 5.26 Å². The minimum absolute atomic E-state index is 0.157. The van der Waals surface area contributed by atoms with Crippen molar-refractivity contribution >= 4 is 10.0 Å². The number of primary sulfonamides is 1. The van der Waals surface area contributed by atoms with Crippen LogP contribution in [0.1, 0.15) is 45.1 Å². The summed E-state index contributed by atoms with van der Waals surface area (Å²) in [6.07, 6.45) is 3.38. The molecule has 1 saturated carbocycles. The Balaban J connectivity index is 1.82. The number of sulfonamides is 1. The third kappa shape index (κ3) is 4.06. The average Bonchev–Trinajstić information content (AvgIpc) is 2.68. The minimum Gasteiger partial charge on any atom is -0.490 e. The zero-order chi connectivity index (χ0) is 20.4. The lowest BCUT2D eigenvalue weighted by molar-refractivity contribution is 0.0734. The summed E-state index contributed by atoms with van der Waals surface area (Å²) in [7, 11) is -3.69. The normalized spacial score (nSPS) is 20.4. The number of nitrogens with zero attached hydrogens (tertiary/aromatic N) is 1. The van der Waals surface area contributed by atoms with Crippen LogP contribution in [-0.4, -0.2) is 19.3 Å². The Labute approximate surface area is 167 Å². The van der Waals surface area contributed by atoms with Gasteiger partial charge in [-0.05, 0) is 62.4 Å². The Hall–Kier alpha value is -2.36. The molecule has 148 valence electrons. The van der Waals surface area contributed by atoms with Gasteiger partial charge in [-0.25, -0.2) is 13.6 Å². The molecule has 5 nitrogen and oxygen atoms in total. The maximum Gasteiger partial charge on any atom is 0.214 e. The van der Waals surface area contributed by atoms with E-state index in [1.54, 1.807) is 19.9 Å². The molecule has 0 saturated heterocycles. The number of hydrogen-bond donors (Lipinski definition) is 1. The highest BCUT2D eigenvalue weighted by molar-refractivity contribution is 7.90. The first kappa shape index (κ1) is 20.4. The third-order valence-electron chi connectivity index (χ3n) is 5.83. The van der Waals surface area contributed by atoms with E-state index in [0.717, 1.165) is 36.8 Å². The van der Waals surface area contributed by atoms with Gasteiger partial charge in [-0.3, -0.25) is 0 Å². The molecule has 1 aliphatic carbocycles. The SMILES string of the molecule is CC(C)([C@H]1CCCC[C@H]1Oc1ccc(-c2ccccc2C#N)cc1)S(N)(=O)=O. The van der Waals surface area contributed by atoms with Crippen molar-refractivity contribution in [3.05, 3.63) is 54.1 Å². The molecule has 2 atom stereocenters. The van der Waals surface area contributed by atoms with Crippen LogP contribution >= 0.6 is 0 Å². The van der Waals surface area contributed by atoms with Gasteiger partial charge in [0.1, 0.15) is 11.9 Å². The average molecular weight is 399 g/mol. The second-order valence-electron chi connectivity index (χ2n) is 7.88. The van der Waals surface area contributed by atoms with Crippen molar-refractivity contribution in [3.8, 4) is 22.9 Å². The number of benzene rings is 2. The van der Waals surface area contributed by atoms with Crippen LogP contribution in [0.3, 0.4) is 0 Å². The molecule has 28 heavy (non-hydrogen) atoms. The molecule has 2 N–H and O–H groups in total. The quantitative estimate of drug-likeness (QED) is 0.815. The van der Waals surface area contributed by atoms with Crippen molar-refractivity contribution in [2.45, 2.75) is 50.4 Å². The molecule has 2 aromatic carbocycles. The van der Waals surface area contributed by atoms with E-state index in [1.807, 2.05) is 42.5 Å². The maximum absolute atomic E-state index is 12.1. The standard InChI is InChI=1S/C22H26N2O3S/c1-22(2,28(24,25)26)20-9-5-6-10-21(20)27-18-13-11-16(12-14-18)19-8-4-3-7-17(19)15-23/h3-4,7-8,11-14,20-21H,5-6,9-10H2,1-2H3,(H2,24,25,26)/t20-,21+/m0/s1. The van der Waals surface area contributed by atoms with Gasteiger partial charge in [0.25, 0.3) is 0 Å². The van der Waals surface area contributed by atoms with E-state index >= 15 is 0 Å². The van der Waals surface area contributed by atoms with E-state index in [9.17, 15) is 13.7 Å². The molecule has 0 bridgehead atoms. The van der Waals surface area contributed by atoms with Crippen molar-refractivity contribution in [2.24, 2.45) is 11.1 Å². The number of nitrogens with two attached hydrogens (primary N) is 1. The van der Waals surface area contributed by atoms with E-state index in [4.69, 9.17) is 9.88 Å². The number of nitriles is 1. The summed E-state index contributed by atoms with van der Waals surface area (Å²) in [5.74, 6) is 0.538. The molecule has 0 spiro atoms. The van der Waals surface area contributed by atoms with Crippen molar-refractivity contribution < 1.29 is 13.2 Å². The van der Waals surface area contributed by atoms with Gasteiger partial charge in [0.05, 0.1) is 16.4 Å². The Kier molecular flexibility index (Phi) is 5.78. The largest absolute Gasteiger partial charge is 0.490 e. The van der Waals surface area contributed by atoms with Gasteiger partial charge in [0.2, 0.25) is 10.0 Å². The van der Waals surface area contributed by atoms with Crippen LogP contribution in [0.25, 0.3) is 11.1 Å². The van der Waals surface area contributed by atoms with Crippen molar-refractivity contribution in [3.63, 3.8) is 0 Å². The van der Waals surface area contributed by atoms with Crippen LogP contribution < -0.4 is 9.88 Å². The first-order chi connectivity index (χ1) is 13.2. The third-order valence-corrected chi connectivity index (χ3v) is 7.60. The Morgan fingerprint density at radius 3 is 2.36 bits per heavy atom. The fourth-order valence-corrected chi connectivity index (χ4v) is 4.66. The minimum atomic E-state index is -3.69. The first-order valence-electron chi connectivity index (χ1n) is 9.52. The summed E-state index contributed by atoms with van der Waals surface area (Å²) in [6, 6.07) is 17.3. The second-order valence-corrected chi connectivity index (χ2v) is 10.0. The second kappa shape index (κ2) is 7.94. The topological polar surface area (TPSA) is 93.2 Å². The molecule has 0 heterocycles. The monoisotopic (exact) mass is 398 g/mol. The number of ether oxygens (including phenoxy) is 1. The van der Waals surface area contributed by atoms with Crippen LogP contribution in [0.15, 0.2) is 48.5 Å². The van der Waals surface area contributed by atoms with Gasteiger partial charge in [-0.15, -0.1) is 0 Å². The Bertz CT molecular complexity index is 976. The molecule has 3 rings (SSSR count). The lowest BCUT2D eigenvalue weighted by atomic mass is 9.78. The summed E-state index contributed by atoms with van der Waals surface area (Å²) < 4.78 is 29.4. The van der Waals surface area contributed by atoms with Gasteiger partial charge < -0.3 is 4.74 Å². The molecule has 0 unspecified atom stereocenters. The molecule has 1 aliphatic rings. The lowest BCUT2D eigenvalue weighted by Crippen LogP contribution is -2.51. The highest BCUT2D eigenvalue weighted by atomic mass is 32.2. The first-order valence-corrected chi connectivity index (χ1v) is 11.1. The number of hydrogen-bond acceptors (Lipinski definition) is 4. The van der Waals surface area contributed by atoms with Crippen LogP contribution in [0.4, 0.5) is 0 Å². The highest BCUT2D eigenvalue weighted by Gasteiger charge is 2.45. The maximum atomic E-state index is 12.1. The van der Waals surface area contributed by atoms with Crippen molar-refractivity contribution in [1.82, 2.24) is 0 Å². The lowest BCUT2D eigenvalue weighted by Gasteiger charge is -2.40. The zero-order valence-corrected chi connectivity index (χ0v) is 17.1. The molecule has 6 heteroatoms. The number of rotatable bonds is 5. The smallest absolute Gasteiger partial charge is 0.214 e. The summed E-state index contributed by atoms with van der Waals surface area (Å²) in [6.45, 7) is 3.38. The molecular weight excluding hydrogens is 372 g/mol. The van der Waals surface area contributed by atoms with E-state index < -0.39 is 14.8 Å². The molecule has 0 amide bonds. The predicted octanol–water partition coefficient (Wildman–Crippen LogP) is 4.23. The van der Waals surface area contributed by atoms with E-state index in [2.05, 4.69) is 6.07 Å². The van der Waals surface area contributed by atoms with Crippen molar-refractivity contribution in [1.29, 1.82) is 5.26 Å². The molecule has 2 aromatic rings. The van der Waals surface area contributed by atoms with Crippen LogP contribution in [0.5, 0.6) is 5.75 Å². The summed E-state index contributed by atoms with van der Waals surface area (Å²) in [5, 5.41) is 14.8. The molecule has 0 aliphatic heterocycles. The van der Waals surface area contributed by atoms with Crippen LogP contribution in [0.2, 0.25) is 0 Å². The summed E-state index contributed by atoms with van der Waals surface area (Å²) in [5.41, 5.74) is 2.44. The van der Waals surface area contributed by atoms with E-state index in [1.165, 1.54) is 0 Å². The predicted molar refractivity (Wildman–Crippen MR) is 110 cm³/mol. The molecule has 0 radical (unpaired) electrons. The van der Waals surface area contributed by atoms with Crippen LogP contribution in [-0.2, 0) is 10.0 Å². The molecule has 1 fully saturated rings. The zero-order valence-electron chi connectivity index (χ0n) is 16.3. The Morgan fingerprint density at radius 1 is 1.07 bits per heavy atom. The highest BCUT2D eigenvalue weighted by Crippen LogP contribution is 2.39. The van der Waals surface area contributed by atoms with E-state index in [-0.39, 0.29) is 12.0 Å². The van der Waals surface area contributed by atoms with Gasteiger partial charge >= 0.3 is 0 Å². The van der Waals surface area contributed by atoms with Gasteiger partial charge in [-0.1, -0.05) is 36.8 Å². The fourth-order valence-electron chi connectivity index (χ4n) is 3.96. The molecule has 0 aromatic heterocycles. The van der Waals surface area contributed by atoms with Gasteiger partial charge in [0.15, 0.2) is 0 Å². The van der Waals surface area contributed by atoms with Gasteiger partial charge in [0, 0.05) is 5.92 Å². The van der Waals surface area contributed by atoms with Crippen LogP contribution in [0, 0.1) is 17.2 Å². The van der Waals surface area contributed by atoms with E-state index in [0.29, 0.717) is 11.3 Å². The summed E-state index contributed by atoms with van der Waals surface area (Å²) >= 11 is 0. The molecular formula is C22H26N2O3S. The van der Waals surface area contributed by atoms with Crippen molar-refractivity contribution in [2.75, 3.05) is 0 Å². The summed E-state index contributed by atoms with van der Waals surface area (Å²) in [4.78, 5) is 0. The Morgan fingerprint density at radius 2 is 1.71 bits per heavy atom. The fraction of sp³-hybridized carbons (Fsp3) is 0.409.